The van der Waals surface area contributed by atoms with Gasteiger partial charge in [0.1, 0.15) is 16.8 Å². The number of nitrogens with two attached hydrogens (primary N) is 1. The summed E-state index contributed by atoms with van der Waals surface area (Å²) in [4.78, 5) is 14.7. The average molecular weight is 259 g/mol. The highest BCUT2D eigenvalue weighted by atomic mass is 32.2. The monoisotopic (exact) mass is 259 g/mol. The summed E-state index contributed by atoms with van der Waals surface area (Å²) in [6.07, 6.45) is 1.11. The third kappa shape index (κ3) is 3.40. The Kier molecular flexibility index (Phi) is 4.02. The van der Waals surface area contributed by atoms with Gasteiger partial charge >= 0.3 is 5.97 Å². The van der Waals surface area contributed by atoms with Crippen LogP contribution in [0.25, 0.3) is 0 Å². The third-order valence-corrected chi connectivity index (χ3v) is 3.48. The Morgan fingerprint density at radius 1 is 1.53 bits per heavy atom. The summed E-state index contributed by atoms with van der Waals surface area (Å²) in [5.41, 5.74) is 5.34. The van der Waals surface area contributed by atoms with E-state index in [1.807, 2.05) is 0 Å². The minimum absolute atomic E-state index is 0.0672. The molecule has 1 atom stereocenters. The molecule has 0 spiro atoms. The highest BCUT2D eigenvalue weighted by Gasteiger charge is 2.22. The Morgan fingerprint density at radius 2 is 2.18 bits per heavy atom. The quantitative estimate of drug-likeness (QED) is 0.705. The van der Waals surface area contributed by atoms with Crippen molar-refractivity contribution in [3.8, 4) is 0 Å². The molecular weight excluding hydrogens is 246 g/mol. The fourth-order valence-electron chi connectivity index (χ4n) is 1.08. The van der Waals surface area contributed by atoms with Gasteiger partial charge in [-0.2, -0.15) is 4.72 Å². The largest absolute Gasteiger partial charge is 0.468 e. The molecule has 0 amide bonds. The highest BCUT2D eigenvalue weighted by Crippen LogP contribution is 2.09. The van der Waals surface area contributed by atoms with Crippen molar-refractivity contribution in [1.29, 1.82) is 0 Å². The van der Waals surface area contributed by atoms with Crippen molar-refractivity contribution in [2.24, 2.45) is 0 Å². The van der Waals surface area contributed by atoms with Crippen LogP contribution in [0.2, 0.25) is 0 Å². The van der Waals surface area contributed by atoms with Crippen LogP contribution in [0.1, 0.15) is 6.92 Å². The summed E-state index contributed by atoms with van der Waals surface area (Å²) in [6, 6.07) is 1.69. The summed E-state index contributed by atoms with van der Waals surface area (Å²) in [5.74, 6) is -0.457. The van der Waals surface area contributed by atoms with Crippen LogP contribution in [0.3, 0.4) is 0 Å². The molecule has 0 radical (unpaired) electrons. The number of ether oxygens (including phenoxy) is 1. The second-order valence-electron chi connectivity index (χ2n) is 3.28. The first-order valence-corrected chi connectivity index (χ1v) is 6.17. The van der Waals surface area contributed by atoms with E-state index < -0.39 is 22.0 Å². The molecule has 0 aliphatic carbocycles. The molecule has 0 fully saturated rings. The molecule has 0 saturated heterocycles. The van der Waals surface area contributed by atoms with E-state index in [0.717, 1.165) is 6.20 Å². The number of nitrogens with zero attached hydrogens (tertiary/aromatic N) is 1. The second-order valence-corrected chi connectivity index (χ2v) is 5.00. The van der Waals surface area contributed by atoms with Gasteiger partial charge in [0.15, 0.2) is 0 Å². The number of rotatable bonds is 4. The van der Waals surface area contributed by atoms with Crippen LogP contribution in [0.5, 0.6) is 0 Å². The molecule has 17 heavy (non-hydrogen) atoms. The lowest BCUT2D eigenvalue weighted by Gasteiger charge is -2.11. The molecular formula is C9H13N3O4S. The normalized spacial score (nSPS) is 13.1. The molecule has 0 bridgehead atoms. The standard InChI is InChI=1S/C9H13N3O4S/c1-6(9(13)16-2)12-17(14,15)7-3-4-8(10)11-5-7/h3-6,12H,1-2H3,(H2,10,11). The minimum atomic E-state index is -3.80. The van der Waals surface area contributed by atoms with Crippen molar-refractivity contribution >= 4 is 21.8 Å². The predicted octanol–water partition coefficient (Wildman–Crippen LogP) is -0.496. The van der Waals surface area contributed by atoms with E-state index in [0.29, 0.717) is 0 Å². The lowest BCUT2D eigenvalue weighted by molar-refractivity contribution is -0.142. The number of pyridine rings is 1. The lowest BCUT2D eigenvalue weighted by atomic mass is 10.4. The van der Waals surface area contributed by atoms with Gasteiger partial charge in [-0.05, 0) is 19.1 Å². The van der Waals surface area contributed by atoms with Crippen LogP contribution in [-0.4, -0.2) is 32.5 Å². The Labute approximate surface area is 99.0 Å². The molecule has 1 aromatic heterocycles. The second kappa shape index (κ2) is 5.11. The van der Waals surface area contributed by atoms with Gasteiger partial charge < -0.3 is 10.5 Å². The Bertz CT molecular complexity index is 497. The number of nitrogen functional groups attached to an aromatic ring is 1. The Hall–Kier alpha value is -1.67. The molecule has 94 valence electrons. The van der Waals surface area contributed by atoms with E-state index in [9.17, 15) is 13.2 Å². The van der Waals surface area contributed by atoms with Crippen molar-refractivity contribution in [2.45, 2.75) is 17.9 Å². The Morgan fingerprint density at radius 3 is 2.65 bits per heavy atom. The van der Waals surface area contributed by atoms with Crippen LogP contribution < -0.4 is 10.5 Å². The highest BCUT2D eigenvalue weighted by molar-refractivity contribution is 7.89. The molecule has 0 aliphatic rings. The van der Waals surface area contributed by atoms with Gasteiger partial charge in [-0.1, -0.05) is 0 Å². The molecule has 8 heteroatoms. The van der Waals surface area contributed by atoms with Gasteiger partial charge in [-0.25, -0.2) is 13.4 Å². The molecule has 1 unspecified atom stereocenters. The smallest absolute Gasteiger partial charge is 0.323 e. The van der Waals surface area contributed by atoms with E-state index in [-0.39, 0.29) is 10.7 Å². The number of esters is 1. The first kappa shape index (κ1) is 13.4. The average Bonchev–Trinajstić information content (AvgIpc) is 2.27. The van der Waals surface area contributed by atoms with E-state index in [1.54, 1.807) is 0 Å². The molecule has 1 rings (SSSR count). The predicted molar refractivity (Wildman–Crippen MR) is 60.4 cm³/mol. The number of aromatic nitrogens is 1. The number of hydrogen-bond acceptors (Lipinski definition) is 6. The van der Waals surface area contributed by atoms with E-state index in [4.69, 9.17) is 5.73 Å². The SMILES string of the molecule is COC(=O)C(C)NS(=O)(=O)c1ccc(N)nc1. The number of hydrogen-bond donors (Lipinski definition) is 2. The van der Waals surface area contributed by atoms with E-state index >= 15 is 0 Å². The van der Waals surface area contributed by atoms with Gasteiger partial charge in [-0.3, -0.25) is 4.79 Å². The van der Waals surface area contributed by atoms with Gasteiger partial charge in [0.2, 0.25) is 10.0 Å². The summed E-state index contributed by atoms with van der Waals surface area (Å²) in [5, 5.41) is 0. The van der Waals surface area contributed by atoms with Gasteiger partial charge in [0.05, 0.1) is 7.11 Å². The van der Waals surface area contributed by atoms with E-state index in [1.165, 1.54) is 26.2 Å². The maximum Gasteiger partial charge on any atom is 0.323 e. The van der Waals surface area contributed by atoms with Crippen molar-refractivity contribution in [3.63, 3.8) is 0 Å². The van der Waals surface area contributed by atoms with Crippen molar-refractivity contribution in [1.82, 2.24) is 9.71 Å². The van der Waals surface area contributed by atoms with Crippen LogP contribution >= 0.6 is 0 Å². The number of carbonyl (C=O) groups is 1. The minimum Gasteiger partial charge on any atom is -0.468 e. The zero-order valence-corrected chi connectivity index (χ0v) is 10.2. The number of methoxy groups -OCH3 is 1. The summed E-state index contributed by atoms with van der Waals surface area (Å²) < 4.78 is 30.1. The molecule has 7 nitrogen and oxygen atoms in total. The van der Waals surface area contributed by atoms with Crippen LogP contribution in [-0.2, 0) is 19.6 Å². The lowest BCUT2D eigenvalue weighted by Crippen LogP contribution is -2.39. The first-order valence-electron chi connectivity index (χ1n) is 4.68. The van der Waals surface area contributed by atoms with Crippen molar-refractivity contribution in [2.75, 3.05) is 12.8 Å². The zero-order chi connectivity index (χ0) is 13.1. The van der Waals surface area contributed by atoms with Gasteiger partial charge in [0.25, 0.3) is 0 Å². The van der Waals surface area contributed by atoms with Gasteiger partial charge in [0, 0.05) is 6.20 Å². The Balaban J connectivity index is 2.89. The fourth-order valence-corrected chi connectivity index (χ4v) is 2.21. The van der Waals surface area contributed by atoms with Crippen molar-refractivity contribution < 1.29 is 17.9 Å². The summed E-state index contributed by atoms with van der Waals surface area (Å²) >= 11 is 0. The topological polar surface area (TPSA) is 111 Å². The first-order chi connectivity index (χ1) is 7.86. The number of carbonyl (C=O) groups excluding carboxylic acids is 1. The fraction of sp³-hybridized carbons (Fsp3) is 0.333. The van der Waals surface area contributed by atoms with Gasteiger partial charge in [-0.15, -0.1) is 0 Å². The van der Waals surface area contributed by atoms with Crippen LogP contribution in [0.4, 0.5) is 5.82 Å². The number of anilines is 1. The van der Waals surface area contributed by atoms with E-state index in [2.05, 4.69) is 14.4 Å². The molecule has 1 heterocycles. The summed E-state index contributed by atoms with van der Waals surface area (Å²) in [7, 11) is -2.62. The van der Waals surface area contributed by atoms with Crippen molar-refractivity contribution in [3.05, 3.63) is 18.3 Å². The maximum absolute atomic E-state index is 11.8. The molecule has 3 N–H and O–H groups in total. The molecule has 1 aromatic rings. The zero-order valence-electron chi connectivity index (χ0n) is 9.38. The number of nitrogens with one attached hydrogen (secondary N) is 1. The van der Waals surface area contributed by atoms with Crippen LogP contribution in [0.15, 0.2) is 23.2 Å². The molecule has 0 saturated carbocycles. The van der Waals surface area contributed by atoms with Crippen LogP contribution in [0, 0.1) is 0 Å². The maximum atomic E-state index is 11.8. The molecule has 0 aromatic carbocycles. The third-order valence-electron chi connectivity index (χ3n) is 1.96. The summed E-state index contributed by atoms with van der Waals surface area (Å²) in [6.45, 7) is 1.38. The molecule has 0 aliphatic heterocycles. The number of sulfonamides is 1.